The van der Waals surface area contributed by atoms with Crippen LogP contribution in [0.5, 0.6) is 0 Å². The lowest BCUT2D eigenvalue weighted by molar-refractivity contribution is 0.0922. The molecular weight excluding hydrogens is 548 g/mol. The quantitative estimate of drug-likeness (QED) is 0.280. The summed E-state index contributed by atoms with van der Waals surface area (Å²) in [5, 5.41) is 2.91. The van der Waals surface area contributed by atoms with Crippen LogP contribution in [0.2, 0.25) is 0 Å². The van der Waals surface area contributed by atoms with Crippen LogP contribution in [0.3, 0.4) is 0 Å². The molecular formula is C27H22N8O7. The highest BCUT2D eigenvalue weighted by atomic mass is 16.4. The van der Waals surface area contributed by atoms with Crippen molar-refractivity contribution < 1.29 is 31.3 Å². The second-order valence-corrected chi connectivity index (χ2v) is 9.32. The van der Waals surface area contributed by atoms with Crippen LogP contribution in [0.4, 0.5) is 0 Å². The number of fused-ring (bicyclic) bond motifs is 16. The van der Waals surface area contributed by atoms with Crippen LogP contribution < -0.4 is 11.1 Å². The van der Waals surface area contributed by atoms with Gasteiger partial charge in [-0.15, -0.1) is 0 Å². The molecule has 6 aromatic rings. The van der Waals surface area contributed by atoms with Crippen molar-refractivity contribution in [1.29, 1.82) is 0 Å². The first-order chi connectivity index (χ1) is 20.6. The summed E-state index contributed by atoms with van der Waals surface area (Å²) < 4.78 is 33.5. The van der Waals surface area contributed by atoms with Gasteiger partial charge in [-0.3, -0.25) is 4.79 Å². The topological polar surface area (TPSA) is 211 Å². The fraction of sp³-hybridized carbons (Fsp3) is 0.222. The van der Waals surface area contributed by atoms with Crippen molar-refractivity contribution >= 4 is 12.0 Å². The van der Waals surface area contributed by atoms with Crippen molar-refractivity contribution in [3.63, 3.8) is 0 Å². The molecule has 0 radical (unpaired) electrons. The van der Waals surface area contributed by atoms with Gasteiger partial charge >= 0.3 is 0 Å². The molecule has 15 nitrogen and oxygen atoms in total. The van der Waals surface area contributed by atoms with E-state index in [1.807, 2.05) is 6.08 Å². The van der Waals surface area contributed by atoms with E-state index in [0.29, 0.717) is 48.1 Å². The lowest BCUT2D eigenvalue weighted by atomic mass is 10.1. The lowest BCUT2D eigenvalue weighted by Crippen LogP contribution is -2.29. The third kappa shape index (κ3) is 5.03. The molecule has 12 bridgehead atoms. The molecule has 7 heterocycles. The molecule has 1 aliphatic rings. The number of nitrogens with two attached hydrogens (primary N) is 1. The van der Waals surface area contributed by atoms with Gasteiger partial charge in [0.05, 0.1) is 5.69 Å². The van der Waals surface area contributed by atoms with Crippen LogP contribution in [-0.4, -0.2) is 42.4 Å². The van der Waals surface area contributed by atoms with Gasteiger partial charge in [-0.05, 0) is 31.9 Å². The lowest BCUT2D eigenvalue weighted by Gasteiger charge is -2.14. The highest BCUT2D eigenvalue weighted by Gasteiger charge is 2.25. The normalized spacial score (nSPS) is 15.7. The summed E-state index contributed by atoms with van der Waals surface area (Å²) in [7, 11) is 0. The third-order valence-corrected chi connectivity index (χ3v) is 6.36. The number of hydrogen-bond donors (Lipinski definition) is 2. The molecule has 0 saturated carbocycles. The SMILES string of the molecule is NCCCCC1NC(=O)c2coc(n2)-c2coc(n2)-c2coc(n2)/C=C/Cc2coc(n2)-c2coc(n2)-c2coc1n2. The fourth-order valence-corrected chi connectivity index (χ4v) is 4.26. The van der Waals surface area contributed by atoms with Gasteiger partial charge in [0.2, 0.25) is 35.3 Å². The number of oxazole rings is 6. The third-order valence-electron chi connectivity index (χ3n) is 6.36. The molecule has 0 aromatic carbocycles. The fourth-order valence-electron chi connectivity index (χ4n) is 4.26. The minimum absolute atomic E-state index is 0.0381. The summed E-state index contributed by atoms with van der Waals surface area (Å²) in [6.07, 6.45) is 14.3. The Labute approximate surface area is 235 Å². The number of carbonyl (C=O) groups is 1. The number of hydrogen-bond acceptors (Lipinski definition) is 14. The van der Waals surface area contributed by atoms with Gasteiger partial charge in [-0.2, -0.15) is 0 Å². The van der Waals surface area contributed by atoms with Crippen molar-refractivity contribution in [1.82, 2.24) is 35.2 Å². The summed E-state index contributed by atoms with van der Waals surface area (Å²) >= 11 is 0. The molecule has 15 heteroatoms. The van der Waals surface area contributed by atoms with Gasteiger partial charge in [0, 0.05) is 6.42 Å². The Morgan fingerprint density at radius 3 is 2.05 bits per heavy atom. The van der Waals surface area contributed by atoms with Crippen LogP contribution in [0.25, 0.3) is 52.4 Å². The molecule has 6 aromatic heterocycles. The summed E-state index contributed by atoms with van der Waals surface area (Å²) in [5.74, 6) is 0.890. The van der Waals surface area contributed by atoms with E-state index in [9.17, 15) is 4.79 Å². The molecule has 0 saturated heterocycles. The van der Waals surface area contributed by atoms with Gasteiger partial charge in [-0.1, -0.05) is 6.08 Å². The van der Waals surface area contributed by atoms with Gasteiger partial charge in [0.15, 0.2) is 28.5 Å². The molecule has 3 N–H and O–H groups in total. The smallest absolute Gasteiger partial charge is 0.273 e. The largest absolute Gasteiger partial charge is 0.446 e. The maximum absolute atomic E-state index is 13.2. The highest BCUT2D eigenvalue weighted by molar-refractivity contribution is 5.92. The summed E-state index contributed by atoms with van der Waals surface area (Å²) in [5.41, 5.74) is 7.76. The maximum Gasteiger partial charge on any atom is 0.273 e. The van der Waals surface area contributed by atoms with E-state index in [0.717, 1.165) is 12.8 Å². The molecule has 1 unspecified atom stereocenters. The van der Waals surface area contributed by atoms with Crippen molar-refractivity contribution in [2.24, 2.45) is 5.73 Å². The molecule has 1 aliphatic heterocycles. The Kier molecular flexibility index (Phi) is 6.52. The molecule has 0 fully saturated rings. The van der Waals surface area contributed by atoms with Crippen LogP contribution in [0, 0.1) is 0 Å². The molecule has 1 amide bonds. The number of nitrogens with zero attached hydrogens (tertiary/aromatic N) is 6. The van der Waals surface area contributed by atoms with Gasteiger partial charge < -0.3 is 37.6 Å². The van der Waals surface area contributed by atoms with E-state index in [2.05, 4.69) is 35.2 Å². The van der Waals surface area contributed by atoms with Crippen molar-refractivity contribution in [3.05, 3.63) is 66.8 Å². The maximum atomic E-state index is 13.2. The first kappa shape index (κ1) is 25.4. The van der Waals surface area contributed by atoms with Crippen molar-refractivity contribution in [2.75, 3.05) is 6.54 Å². The van der Waals surface area contributed by atoms with Crippen LogP contribution in [0.1, 0.15) is 53.3 Å². The summed E-state index contributed by atoms with van der Waals surface area (Å²) in [6, 6.07) is -0.583. The van der Waals surface area contributed by atoms with E-state index in [4.69, 9.17) is 32.2 Å². The first-order valence-electron chi connectivity index (χ1n) is 13.0. The molecule has 1 atom stereocenters. The number of allylic oxidation sites excluding steroid dienone is 1. The highest BCUT2D eigenvalue weighted by Crippen LogP contribution is 2.28. The molecule has 42 heavy (non-hydrogen) atoms. The number of nitrogens with one attached hydrogen (secondary N) is 1. The van der Waals surface area contributed by atoms with E-state index >= 15 is 0 Å². The van der Waals surface area contributed by atoms with Crippen LogP contribution in [0.15, 0.2) is 70.2 Å². The predicted octanol–water partition coefficient (Wildman–Crippen LogP) is 4.45. The Morgan fingerprint density at radius 2 is 1.29 bits per heavy atom. The Bertz CT molecular complexity index is 1870. The van der Waals surface area contributed by atoms with Crippen molar-refractivity contribution in [3.8, 4) is 46.3 Å². The minimum Gasteiger partial charge on any atom is -0.446 e. The monoisotopic (exact) mass is 570 g/mol. The minimum atomic E-state index is -0.583. The predicted molar refractivity (Wildman–Crippen MR) is 141 cm³/mol. The Morgan fingerprint density at radius 1 is 0.690 bits per heavy atom. The molecule has 7 rings (SSSR count). The van der Waals surface area contributed by atoms with Crippen LogP contribution in [-0.2, 0) is 6.42 Å². The van der Waals surface area contributed by atoms with E-state index < -0.39 is 11.9 Å². The zero-order valence-electron chi connectivity index (χ0n) is 21.9. The zero-order valence-corrected chi connectivity index (χ0v) is 21.9. The number of carbonyl (C=O) groups excluding carboxylic acids is 1. The second kappa shape index (κ2) is 10.8. The first-order valence-corrected chi connectivity index (χ1v) is 13.0. The molecule has 0 spiro atoms. The number of amides is 1. The summed E-state index contributed by atoms with van der Waals surface area (Å²) in [6.45, 7) is 0.511. The van der Waals surface area contributed by atoms with E-state index in [-0.39, 0.29) is 40.8 Å². The van der Waals surface area contributed by atoms with Gasteiger partial charge in [0.1, 0.15) is 43.6 Å². The van der Waals surface area contributed by atoms with Crippen molar-refractivity contribution in [2.45, 2.75) is 31.7 Å². The zero-order chi connectivity index (χ0) is 28.5. The molecule has 212 valence electrons. The number of unbranched alkanes of at least 4 members (excludes halogenated alkanes) is 1. The second-order valence-electron chi connectivity index (χ2n) is 9.32. The van der Waals surface area contributed by atoms with Crippen LogP contribution >= 0.6 is 0 Å². The number of rotatable bonds is 4. The average molecular weight is 571 g/mol. The average Bonchev–Trinajstić information content (AvgIpc) is 3.82. The van der Waals surface area contributed by atoms with Gasteiger partial charge in [0.25, 0.3) is 5.91 Å². The standard InChI is InChI=1S/C27H22N8O7/c28-7-2-1-5-15-23-33-20(12-40-23)27-34-18(11-42-27)24-29-14(8-38-24)4-3-6-21-30-17(10-37-21)25-35-19(13-41-25)26-32-16(9-39-26)22(36)31-15/h3,6,8-13,15H,1-2,4-5,7,28H2,(H,31,36)/b6-3+. The van der Waals surface area contributed by atoms with Gasteiger partial charge in [-0.25, -0.2) is 29.9 Å². The Balaban J connectivity index is 1.24. The van der Waals surface area contributed by atoms with E-state index in [1.54, 1.807) is 6.08 Å². The molecule has 0 aliphatic carbocycles. The van der Waals surface area contributed by atoms with E-state index in [1.165, 1.54) is 37.6 Å². The number of aromatic nitrogens is 6. The summed E-state index contributed by atoms with van der Waals surface area (Å²) in [4.78, 5) is 39.7. The Hall–Kier alpha value is -5.57.